The molecular formula is C7H6F2NO2S2+. The van der Waals surface area contributed by atoms with E-state index in [1.165, 1.54) is 0 Å². The average Bonchev–Trinajstić information content (AvgIpc) is 2.09. The molecule has 1 amide bonds. The maximum Gasteiger partial charge on any atom is 0.542 e. The van der Waals surface area contributed by atoms with Crippen molar-refractivity contribution in [3.8, 4) is 0 Å². The minimum absolute atomic E-state index is 0.0944. The van der Waals surface area contributed by atoms with Crippen LogP contribution in [-0.4, -0.2) is 11.2 Å². The number of halogens is 2. The number of carboxylic acid groups (broad SMARTS) is 1. The highest BCUT2D eigenvalue weighted by molar-refractivity contribution is 7.98. The highest BCUT2D eigenvalue weighted by Gasteiger charge is 2.34. The topological polar surface area (TPSA) is 37.3 Å². The molecule has 7 heteroatoms. The second-order valence-electron chi connectivity index (χ2n) is 2.48. The van der Waals surface area contributed by atoms with Crippen LogP contribution in [-0.2, 0) is 0 Å². The van der Waals surface area contributed by atoms with Crippen LogP contribution in [0.2, 0.25) is 0 Å². The van der Waals surface area contributed by atoms with Crippen molar-refractivity contribution in [3.05, 3.63) is 29.8 Å². The van der Waals surface area contributed by atoms with E-state index in [1.54, 1.807) is 0 Å². The van der Waals surface area contributed by atoms with E-state index < -0.39 is 21.0 Å². The summed E-state index contributed by atoms with van der Waals surface area (Å²) in [5, 5.41) is 8.66. The van der Waals surface area contributed by atoms with Crippen LogP contribution in [0.4, 0.5) is 19.3 Å². The fourth-order valence-corrected chi connectivity index (χ4v) is 1.04. The molecular weight excluding hydrogens is 232 g/mol. The molecule has 0 aromatic heterocycles. The Morgan fingerprint density at radius 3 is 2.29 bits per heavy atom. The Balaban J connectivity index is 3.21. The molecule has 0 unspecified atom stereocenters. The monoisotopic (exact) mass is 238 g/mol. The molecule has 76 valence electrons. The lowest BCUT2D eigenvalue weighted by Gasteiger charge is -2.16. The van der Waals surface area contributed by atoms with E-state index in [2.05, 4.69) is 25.6 Å². The molecule has 0 spiro atoms. The predicted molar refractivity (Wildman–Crippen MR) is 54.1 cm³/mol. The highest BCUT2D eigenvalue weighted by atomic mass is 32.2. The quantitative estimate of drug-likeness (QED) is 0.519. The van der Waals surface area contributed by atoms with E-state index in [0.717, 1.165) is 18.2 Å². The molecule has 0 heterocycles. The van der Waals surface area contributed by atoms with Crippen molar-refractivity contribution in [2.75, 3.05) is 0 Å². The van der Waals surface area contributed by atoms with E-state index in [0.29, 0.717) is 0 Å². The van der Waals surface area contributed by atoms with Crippen molar-refractivity contribution in [1.82, 2.24) is 3.29 Å². The Kier molecular flexibility index (Phi) is 3.03. The Labute approximate surface area is 89.6 Å². The van der Waals surface area contributed by atoms with Gasteiger partial charge in [0, 0.05) is 12.1 Å². The van der Waals surface area contributed by atoms with Crippen molar-refractivity contribution < 1.29 is 18.7 Å². The fraction of sp³-hybridized carbons (Fsp3) is 0. The number of rotatable bonds is 1. The van der Waals surface area contributed by atoms with Gasteiger partial charge in [0.25, 0.3) is 0 Å². The van der Waals surface area contributed by atoms with Gasteiger partial charge in [-0.05, 0) is 6.07 Å². The standard InChI is InChI=1S/C7H5F2NO2S2/c8-5-2-1-4(3-6(5)9)10(13,14)7(11)12/h1-3,13-14H/p+1. The van der Waals surface area contributed by atoms with Crippen LogP contribution >= 0.6 is 25.6 Å². The number of hydrogen-bond acceptors (Lipinski definition) is 3. The molecule has 1 N–H and O–H groups in total. The first-order valence-corrected chi connectivity index (χ1v) is 4.19. The molecule has 0 aliphatic rings. The lowest BCUT2D eigenvalue weighted by atomic mass is 10.3. The van der Waals surface area contributed by atoms with E-state index in [4.69, 9.17) is 5.11 Å². The molecule has 3 nitrogen and oxygen atoms in total. The van der Waals surface area contributed by atoms with Gasteiger partial charge in [-0.25, -0.2) is 8.78 Å². The molecule has 0 atom stereocenters. The third-order valence-electron chi connectivity index (χ3n) is 1.53. The van der Waals surface area contributed by atoms with E-state index in [9.17, 15) is 13.6 Å². The lowest BCUT2D eigenvalue weighted by molar-refractivity contribution is 0.191. The van der Waals surface area contributed by atoms with Gasteiger partial charge in [0.1, 0.15) is 0 Å². The van der Waals surface area contributed by atoms with E-state index in [1.807, 2.05) is 0 Å². The summed E-state index contributed by atoms with van der Waals surface area (Å²) in [5.41, 5.74) is -0.0944. The number of hydrogen-bond donors (Lipinski definition) is 3. The van der Waals surface area contributed by atoms with Crippen LogP contribution in [0.3, 0.4) is 0 Å². The van der Waals surface area contributed by atoms with Gasteiger partial charge in [0.15, 0.2) is 17.3 Å². The van der Waals surface area contributed by atoms with Crippen LogP contribution in [0, 0.1) is 11.6 Å². The van der Waals surface area contributed by atoms with Crippen LogP contribution in [0.5, 0.6) is 0 Å². The lowest BCUT2D eigenvalue weighted by Crippen LogP contribution is -2.33. The van der Waals surface area contributed by atoms with Gasteiger partial charge < -0.3 is 5.11 Å². The molecule has 0 aliphatic heterocycles. The smallest absolute Gasteiger partial charge is 0.434 e. The number of thiol groups is 2. The number of quaternary nitrogens is 1. The summed E-state index contributed by atoms with van der Waals surface area (Å²) < 4.78 is 24.1. The molecule has 1 rings (SSSR count). The fourth-order valence-electron chi connectivity index (χ4n) is 0.789. The van der Waals surface area contributed by atoms with E-state index in [-0.39, 0.29) is 5.69 Å². The zero-order chi connectivity index (χ0) is 10.9. The number of carbonyl (C=O) groups is 1. The number of benzene rings is 1. The van der Waals surface area contributed by atoms with Gasteiger partial charge in [0.05, 0.1) is 25.6 Å². The summed E-state index contributed by atoms with van der Waals surface area (Å²) in [6.07, 6.45) is -1.41. The minimum Gasteiger partial charge on any atom is -0.434 e. The third-order valence-corrected chi connectivity index (χ3v) is 2.33. The summed E-state index contributed by atoms with van der Waals surface area (Å²) in [4.78, 5) is 10.6. The SMILES string of the molecule is O=C(O)[N+](S)(S)c1ccc(F)c(F)c1. The van der Waals surface area contributed by atoms with Crippen LogP contribution in [0.15, 0.2) is 18.2 Å². The largest absolute Gasteiger partial charge is 0.542 e. The van der Waals surface area contributed by atoms with Crippen LogP contribution in [0.25, 0.3) is 0 Å². The van der Waals surface area contributed by atoms with Gasteiger partial charge in [-0.3, -0.25) is 0 Å². The van der Waals surface area contributed by atoms with Gasteiger partial charge in [-0.15, -0.1) is 0 Å². The van der Waals surface area contributed by atoms with Crippen molar-refractivity contribution in [3.63, 3.8) is 0 Å². The Morgan fingerprint density at radius 1 is 1.29 bits per heavy atom. The molecule has 0 bridgehead atoms. The Hall–Kier alpha value is -0.790. The Bertz CT molecular complexity index is 384. The third kappa shape index (κ3) is 1.99. The molecule has 0 fully saturated rings. The summed E-state index contributed by atoms with van der Waals surface area (Å²) in [7, 11) is 0. The first kappa shape index (κ1) is 11.3. The molecule has 0 radical (unpaired) electrons. The van der Waals surface area contributed by atoms with E-state index >= 15 is 0 Å². The van der Waals surface area contributed by atoms with Gasteiger partial charge in [0.2, 0.25) is 0 Å². The maximum atomic E-state index is 12.7. The van der Waals surface area contributed by atoms with Gasteiger partial charge >= 0.3 is 6.09 Å². The second-order valence-corrected chi connectivity index (χ2v) is 4.00. The van der Waals surface area contributed by atoms with Crippen molar-refractivity contribution in [2.45, 2.75) is 0 Å². The summed E-state index contributed by atoms with van der Waals surface area (Å²) in [5.74, 6) is -2.20. The number of amides is 1. The first-order valence-electron chi connectivity index (χ1n) is 3.39. The second kappa shape index (κ2) is 3.76. The van der Waals surface area contributed by atoms with Crippen molar-refractivity contribution in [2.24, 2.45) is 0 Å². The first-order chi connectivity index (χ1) is 6.35. The summed E-state index contributed by atoms with van der Waals surface area (Å²) in [6.45, 7) is 0. The van der Waals surface area contributed by atoms with Crippen molar-refractivity contribution >= 4 is 37.4 Å². The zero-order valence-electron chi connectivity index (χ0n) is 6.69. The number of nitrogens with zero attached hydrogens (tertiary/aromatic N) is 1. The van der Waals surface area contributed by atoms with Crippen molar-refractivity contribution in [1.29, 1.82) is 0 Å². The molecule has 1 aromatic rings. The summed E-state index contributed by atoms with van der Waals surface area (Å²) >= 11 is 7.33. The molecule has 14 heavy (non-hydrogen) atoms. The predicted octanol–water partition coefficient (Wildman–Crippen LogP) is 2.64. The molecule has 0 aliphatic carbocycles. The maximum absolute atomic E-state index is 12.7. The van der Waals surface area contributed by atoms with Gasteiger partial charge in [-0.1, -0.05) is 3.29 Å². The average molecular weight is 238 g/mol. The molecule has 0 saturated heterocycles. The highest BCUT2D eigenvalue weighted by Crippen LogP contribution is 2.30. The van der Waals surface area contributed by atoms with Crippen LogP contribution in [0.1, 0.15) is 0 Å². The van der Waals surface area contributed by atoms with Gasteiger partial charge in [-0.2, -0.15) is 4.79 Å². The van der Waals surface area contributed by atoms with Crippen LogP contribution < -0.4 is 3.29 Å². The Morgan fingerprint density at radius 2 is 1.86 bits per heavy atom. The minimum atomic E-state index is -1.41. The normalized spacial score (nSPS) is 11.4. The summed E-state index contributed by atoms with van der Waals surface area (Å²) in [6, 6.07) is 2.63. The zero-order valence-corrected chi connectivity index (χ0v) is 8.47. The molecule has 0 saturated carbocycles. The molecule has 1 aromatic carbocycles.